The molecule has 2 aromatic carbocycles. The fraction of sp³-hybridized carbons (Fsp3) is 0.111. The van der Waals surface area contributed by atoms with Gasteiger partial charge in [0.25, 0.3) is 5.56 Å². The minimum absolute atomic E-state index is 0.163. The lowest BCUT2D eigenvalue weighted by Gasteiger charge is -2.12. The molecule has 6 nitrogen and oxygen atoms in total. The summed E-state index contributed by atoms with van der Waals surface area (Å²) in [6.45, 7) is -0.180. The average Bonchev–Trinajstić information content (AvgIpc) is 2.64. The van der Waals surface area contributed by atoms with Gasteiger partial charge in [0.2, 0.25) is 12.1 Å². The molecule has 0 atom stereocenters. The third-order valence-corrected chi connectivity index (χ3v) is 3.73. The second-order valence-corrected chi connectivity index (χ2v) is 5.24. The molecule has 0 saturated carbocycles. The molecule has 0 aliphatic rings. The minimum Gasteiger partial charge on any atom is -0.463 e. The first kappa shape index (κ1) is 16.5. The van der Waals surface area contributed by atoms with Gasteiger partial charge in [-0.15, -0.1) is 0 Å². The fourth-order valence-electron chi connectivity index (χ4n) is 2.48. The van der Waals surface area contributed by atoms with Crippen LogP contribution in [0.25, 0.3) is 10.9 Å². The van der Waals surface area contributed by atoms with Gasteiger partial charge in [-0.25, -0.2) is 14.2 Å². The lowest BCUT2D eigenvalue weighted by Crippen LogP contribution is -2.29. The van der Waals surface area contributed by atoms with Crippen molar-refractivity contribution in [3.63, 3.8) is 0 Å². The maximum Gasteiger partial charge on any atom is 0.374 e. The summed E-state index contributed by atoms with van der Waals surface area (Å²) in [6.07, 6.45) is 1.70. The van der Waals surface area contributed by atoms with Crippen molar-refractivity contribution >= 4 is 23.2 Å². The first-order valence-electron chi connectivity index (χ1n) is 7.29. The second kappa shape index (κ2) is 6.64. The summed E-state index contributed by atoms with van der Waals surface area (Å²) < 4.78 is 19.7. The van der Waals surface area contributed by atoms with Crippen LogP contribution in [-0.4, -0.2) is 28.9 Å². The number of methoxy groups -OCH3 is 1. The molecule has 0 aliphatic carbocycles. The zero-order valence-corrected chi connectivity index (χ0v) is 13.2. The Morgan fingerprint density at radius 1 is 1.28 bits per heavy atom. The number of hydrogen-bond acceptors (Lipinski definition) is 5. The van der Waals surface area contributed by atoms with Crippen LogP contribution in [0.15, 0.2) is 47.3 Å². The van der Waals surface area contributed by atoms with Crippen LogP contribution in [0.4, 0.5) is 4.39 Å². The minimum atomic E-state index is -0.837. The van der Waals surface area contributed by atoms with Crippen LogP contribution in [0.3, 0.4) is 0 Å². The summed E-state index contributed by atoms with van der Waals surface area (Å²) in [5.41, 5.74) is 0.0537. The number of nitrogens with zero attached hydrogens (tertiary/aromatic N) is 2. The SMILES string of the molecule is COC(=O)c1nc2cc([C]=O)ccc2c(=O)n1Cc1ccccc1F. The van der Waals surface area contributed by atoms with Crippen molar-refractivity contribution < 1.29 is 18.7 Å². The number of aromatic nitrogens is 2. The molecule has 25 heavy (non-hydrogen) atoms. The highest BCUT2D eigenvalue weighted by atomic mass is 19.1. The van der Waals surface area contributed by atoms with Crippen molar-refractivity contribution in [2.75, 3.05) is 7.11 Å². The van der Waals surface area contributed by atoms with E-state index in [9.17, 15) is 18.8 Å². The number of rotatable bonds is 4. The maximum absolute atomic E-state index is 13.9. The van der Waals surface area contributed by atoms with E-state index in [2.05, 4.69) is 9.72 Å². The molecule has 125 valence electrons. The lowest BCUT2D eigenvalue weighted by molar-refractivity contribution is 0.0580. The summed E-state index contributed by atoms with van der Waals surface area (Å²) >= 11 is 0. The quantitative estimate of drug-likeness (QED) is 0.678. The average molecular weight is 339 g/mol. The van der Waals surface area contributed by atoms with Crippen molar-refractivity contribution in [1.29, 1.82) is 0 Å². The van der Waals surface area contributed by atoms with E-state index in [-0.39, 0.29) is 34.4 Å². The molecular formula is C18H12FN2O4. The predicted molar refractivity (Wildman–Crippen MR) is 87.6 cm³/mol. The van der Waals surface area contributed by atoms with Gasteiger partial charge < -0.3 is 4.74 Å². The van der Waals surface area contributed by atoms with Crippen molar-refractivity contribution in [2.45, 2.75) is 6.54 Å². The van der Waals surface area contributed by atoms with Crippen molar-refractivity contribution in [1.82, 2.24) is 9.55 Å². The number of hydrogen-bond donors (Lipinski definition) is 0. The Kier molecular flexibility index (Phi) is 4.38. The largest absolute Gasteiger partial charge is 0.463 e. The Morgan fingerprint density at radius 3 is 2.72 bits per heavy atom. The zero-order valence-electron chi connectivity index (χ0n) is 13.2. The van der Waals surface area contributed by atoms with Crippen LogP contribution in [0.2, 0.25) is 0 Å². The first-order chi connectivity index (χ1) is 12.0. The molecule has 3 aromatic rings. The maximum atomic E-state index is 13.9. The molecule has 1 radical (unpaired) electrons. The van der Waals surface area contributed by atoms with Gasteiger partial charge in [0, 0.05) is 11.1 Å². The van der Waals surface area contributed by atoms with Gasteiger partial charge in [-0.1, -0.05) is 18.2 Å². The standard InChI is InChI=1S/C18H12FN2O4/c1-25-18(24)16-20-15-8-11(10-22)6-7-13(15)17(23)21(16)9-12-4-2-3-5-14(12)19/h2-8H,9H2,1H3. The molecular weight excluding hydrogens is 327 g/mol. The third-order valence-electron chi connectivity index (χ3n) is 3.73. The highest BCUT2D eigenvalue weighted by molar-refractivity contribution is 5.91. The van der Waals surface area contributed by atoms with E-state index in [1.165, 1.54) is 36.4 Å². The number of esters is 1. The smallest absolute Gasteiger partial charge is 0.374 e. The topological polar surface area (TPSA) is 78.3 Å². The van der Waals surface area contributed by atoms with Crippen molar-refractivity contribution in [2.24, 2.45) is 0 Å². The number of fused-ring (bicyclic) bond motifs is 1. The molecule has 0 amide bonds. The fourth-order valence-corrected chi connectivity index (χ4v) is 2.48. The van der Waals surface area contributed by atoms with E-state index in [0.717, 1.165) is 11.7 Å². The van der Waals surface area contributed by atoms with Gasteiger partial charge >= 0.3 is 5.97 Å². The van der Waals surface area contributed by atoms with E-state index in [4.69, 9.17) is 0 Å². The number of carbonyl (C=O) groups is 1. The Hall–Kier alpha value is -3.35. The van der Waals surface area contributed by atoms with Gasteiger partial charge in [0.1, 0.15) is 5.82 Å². The Morgan fingerprint density at radius 2 is 2.04 bits per heavy atom. The van der Waals surface area contributed by atoms with E-state index in [0.29, 0.717) is 0 Å². The van der Waals surface area contributed by atoms with Crippen molar-refractivity contribution in [3.05, 3.63) is 75.6 Å². The molecule has 0 N–H and O–H groups in total. The Labute approximate surface area is 141 Å². The van der Waals surface area contributed by atoms with Gasteiger partial charge in [0.15, 0.2) is 0 Å². The molecule has 0 unspecified atom stereocenters. The number of ether oxygens (including phenoxy) is 1. The Bertz CT molecular complexity index is 1040. The normalized spacial score (nSPS) is 10.6. The van der Waals surface area contributed by atoms with Crippen LogP contribution in [0, 0.1) is 5.82 Å². The summed E-state index contributed by atoms with van der Waals surface area (Å²) in [4.78, 5) is 39.7. The van der Waals surface area contributed by atoms with Gasteiger partial charge in [-0.05, 0) is 24.3 Å². The molecule has 0 saturated heterocycles. The van der Waals surface area contributed by atoms with E-state index >= 15 is 0 Å². The molecule has 0 fully saturated rings. The number of halogens is 1. The van der Waals surface area contributed by atoms with Crippen molar-refractivity contribution in [3.8, 4) is 0 Å². The molecule has 0 bridgehead atoms. The zero-order chi connectivity index (χ0) is 18.0. The lowest BCUT2D eigenvalue weighted by atomic mass is 10.1. The summed E-state index contributed by atoms with van der Waals surface area (Å²) in [5.74, 6) is -1.61. The van der Waals surface area contributed by atoms with E-state index in [1.54, 1.807) is 12.4 Å². The highest BCUT2D eigenvalue weighted by Gasteiger charge is 2.19. The molecule has 0 aliphatic heterocycles. The predicted octanol–water partition coefficient (Wildman–Crippen LogP) is 1.83. The first-order valence-corrected chi connectivity index (χ1v) is 7.29. The summed E-state index contributed by atoms with van der Waals surface area (Å²) in [5, 5.41) is 0.197. The molecule has 1 heterocycles. The van der Waals surface area contributed by atoms with Crippen LogP contribution < -0.4 is 5.56 Å². The van der Waals surface area contributed by atoms with E-state index in [1.807, 2.05) is 0 Å². The molecule has 7 heteroatoms. The third kappa shape index (κ3) is 3.03. The van der Waals surface area contributed by atoms with E-state index < -0.39 is 17.3 Å². The highest BCUT2D eigenvalue weighted by Crippen LogP contribution is 2.14. The van der Waals surface area contributed by atoms with Crippen LogP contribution in [0.1, 0.15) is 21.7 Å². The van der Waals surface area contributed by atoms with Gasteiger partial charge in [-0.2, -0.15) is 0 Å². The monoisotopic (exact) mass is 339 g/mol. The van der Waals surface area contributed by atoms with Crippen LogP contribution >= 0.6 is 0 Å². The Balaban J connectivity index is 2.26. The second-order valence-electron chi connectivity index (χ2n) is 5.24. The van der Waals surface area contributed by atoms with Gasteiger partial charge in [-0.3, -0.25) is 14.2 Å². The summed E-state index contributed by atoms with van der Waals surface area (Å²) in [7, 11) is 1.15. The number of benzene rings is 2. The number of carbonyl (C=O) groups excluding carboxylic acids is 2. The molecule has 0 spiro atoms. The van der Waals surface area contributed by atoms with Gasteiger partial charge in [0.05, 0.1) is 24.6 Å². The molecule has 3 rings (SSSR count). The van der Waals surface area contributed by atoms with Crippen LogP contribution in [0.5, 0.6) is 0 Å². The summed E-state index contributed by atoms with van der Waals surface area (Å²) in [6, 6.07) is 10.1. The van der Waals surface area contributed by atoms with Crippen LogP contribution in [-0.2, 0) is 16.1 Å². The molecule has 1 aromatic heterocycles.